The zero-order valence-electron chi connectivity index (χ0n) is 11.1. The smallest absolute Gasteiger partial charge is 0.132 e. The third kappa shape index (κ3) is 2.18. The van der Waals surface area contributed by atoms with E-state index < -0.39 is 0 Å². The molecule has 0 N–H and O–H groups in total. The van der Waals surface area contributed by atoms with Crippen molar-refractivity contribution in [3.05, 3.63) is 65.7 Å². The first-order valence-corrected chi connectivity index (χ1v) is 6.99. The molecule has 0 saturated carbocycles. The lowest BCUT2D eigenvalue weighted by atomic mass is 10.1. The van der Waals surface area contributed by atoms with Crippen molar-refractivity contribution in [2.45, 2.75) is 18.8 Å². The fraction of sp³-hybridized carbons (Fsp3) is 0.188. The van der Waals surface area contributed by atoms with Gasteiger partial charge in [-0.1, -0.05) is 30.3 Å². The van der Waals surface area contributed by atoms with Crippen LogP contribution in [-0.2, 0) is 6.54 Å². The molecule has 1 atom stereocenters. The van der Waals surface area contributed by atoms with Crippen molar-refractivity contribution in [3.63, 3.8) is 0 Å². The number of aryl methyl sites for hydroxylation is 1. The van der Waals surface area contributed by atoms with E-state index in [1.54, 1.807) is 6.07 Å². The second kappa shape index (κ2) is 5.25. The third-order valence-corrected chi connectivity index (χ3v) is 3.82. The van der Waals surface area contributed by atoms with Gasteiger partial charge in [-0.05, 0) is 30.7 Å². The lowest BCUT2D eigenvalue weighted by Crippen LogP contribution is -2.05. The zero-order valence-corrected chi connectivity index (χ0v) is 11.8. The molecule has 0 aliphatic carbocycles. The van der Waals surface area contributed by atoms with Crippen molar-refractivity contribution in [2.24, 2.45) is 0 Å². The molecule has 2 aromatic carbocycles. The summed E-state index contributed by atoms with van der Waals surface area (Å²) in [6.45, 7) is 2.70. The van der Waals surface area contributed by atoms with Gasteiger partial charge in [-0.2, -0.15) is 0 Å². The van der Waals surface area contributed by atoms with Crippen LogP contribution < -0.4 is 0 Å². The molecule has 1 unspecified atom stereocenters. The van der Waals surface area contributed by atoms with E-state index in [4.69, 9.17) is 11.6 Å². The molecule has 102 valence electrons. The quantitative estimate of drug-likeness (QED) is 0.648. The molecule has 1 aromatic heterocycles. The highest BCUT2D eigenvalue weighted by atomic mass is 35.5. The fourth-order valence-corrected chi connectivity index (χ4v) is 2.72. The Labute approximate surface area is 121 Å². The molecule has 1 heterocycles. The number of alkyl halides is 1. The SMILES string of the molecule is CCn1c(C(Cl)c2ccccc2)nc2ccc(F)cc21. The summed E-state index contributed by atoms with van der Waals surface area (Å²) >= 11 is 6.55. The van der Waals surface area contributed by atoms with E-state index in [2.05, 4.69) is 4.98 Å². The summed E-state index contributed by atoms with van der Waals surface area (Å²) in [6, 6.07) is 14.4. The van der Waals surface area contributed by atoms with Crippen LogP contribution >= 0.6 is 11.6 Å². The molecular weight excluding hydrogens is 275 g/mol. The Morgan fingerprint density at radius 2 is 1.95 bits per heavy atom. The third-order valence-electron chi connectivity index (χ3n) is 3.37. The van der Waals surface area contributed by atoms with Crippen LogP contribution in [0, 0.1) is 5.82 Å². The van der Waals surface area contributed by atoms with Gasteiger partial charge in [-0.3, -0.25) is 0 Å². The Balaban J connectivity index is 2.16. The molecule has 0 bridgehead atoms. The Bertz CT molecular complexity index is 737. The Hall–Kier alpha value is -1.87. The Morgan fingerprint density at radius 3 is 2.65 bits per heavy atom. The topological polar surface area (TPSA) is 17.8 Å². The van der Waals surface area contributed by atoms with E-state index >= 15 is 0 Å². The number of imidazole rings is 1. The number of fused-ring (bicyclic) bond motifs is 1. The maximum atomic E-state index is 13.4. The van der Waals surface area contributed by atoms with E-state index in [0.717, 1.165) is 22.4 Å². The van der Waals surface area contributed by atoms with Crippen LogP contribution in [0.5, 0.6) is 0 Å². The Kier molecular flexibility index (Phi) is 3.45. The van der Waals surface area contributed by atoms with E-state index in [1.165, 1.54) is 12.1 Å². The minimum Gasteiger partial charge on any atom is -0.327 e. The average Bonchev–Trinajstić information content (AvgIpc) is 2.85. The molecule has 0 spiro atoms. The van der Waals surface area contributed by atoms with Crippen LogP contribution in [0.2, 0.25) is 0 Å². The molecule has 0 aliphatic heterocycles. The number of hydrogen-bond donors (Lipinski definition) is 0. The standard InChI is InChI=1S/C16H14ClFN2/c1-2-20-14-10-12(18)8-9-13(14)19-16(20)15(17)11-6-4-3-5-7-11/h3-10,15H,2H2,1H3. The summed E-state index contributed by atoms with van der Waals surface area (Å²) in [4.78, 5) is 4.57. The lowest BCUT2D eigenvalue weighted by molar-refractivity contribution is 0.627. The first-order valence-electron chi connectivity index (χ1n) is 6.55. The van der Waals surface area contributed by atoms with Crippen molar-refractivity contribution in [1.82, 2.24) is 9.55 Å². The second-order valence-corrected chi connectivity index (χ2v) is 5.06. The normalized spacial score (nSPS) is 12.8. The zero-order chi connectivity index (χ0) is 14.1. The van der Waals surface area contributed by atoms with Crippen molar-refractivity contribution in [2.75, 3.05) is 0 Å². The molecule has 3 rings (SSSR count). The predicted octanol–water partition coefficient (Wildman–Crippen LogP) is 4.52. The maximum absolute atomic E-state index is 13.4. The molecule has 0 aliphatic rings. The summed E-state index contributed by atoms with van der Waals surface area (Å²) in [6.07, 6.45) is 0. The highest BCUT2D eigenvalue weighted by Crippen LogP contribution is 2.30. The van der Waals surface area contributed by atoms with E-state index in [1.807, 2.05) is 41.8 Å². The van der Waals surface area contributed by atoms with Crippen LogP contribution in [0.3, 0.4) is 0 Å². The molecule has 0 fully saturated rings. The van der Waals surface area contributed by atoms with Gasteiger partial charge in [0.05, 0.1) is 11.0 Å². The molecule has 4 heteroatoms. The first-order chi connectivity index (χ1) is 9.70. The number of benzene rings is 2. The van der Waals surface area contributed by atoms with Crippen LogP contribution in [0.4, 0.5) is 4.39 Å². The van der Waals surface area contributed by atoms with E-state index in [-0.39, 0.29) is 11.2 Å². The first kappa shape index (κ1) is 13.1. The minimum absolute atomic E-state index is 0.260. The number of rotatable bonds is 3. The molecule has 0 saturated heterocycles. The van der Waals surface area contributed by atoms with Gasteiger partial charge in [0.15, 0.2) is 0 Å². The highest BCUT2D eigenvalue weighted by Gasteiger charge is 2.19. The molecule has 0 radical (unpaired) electrons. The minimum atomic E-state index is -0.341. The van der Waals surface area contributed by atoms with Crippen LogP contribution in [0.15, 0.2) is 48.5 Å². The summed E-state index contributed by atoms with van der Waals surface area (Å²) in [5.74, 6) is 0.491. The predicted molar refractivity (Wildman–Crippen MR) is 79.5 cm³/mol. The fourth-order valence-electron chi connectivity index (χ4n) is 2.41. The van der Waals surface area contributed by atoms with Crippen molar-refractivity contribution >= 4 is 22.6 Å². The molecular formula is C16H14ClFN2. The van der Waals surface area contributed by atoms with Crippen molar-refractivity contribution in [1.29, 1.82) is 0 Å². The summed E-state index contributed by atoms with van der Waals surface area (Å²) in [5, 5.41) is -0.341. The van der Waals surface area contributed by atoms with Gasteiger partial charge in [-0.15, -0.1) is 11.6 Å². The van der Waals surface area contributed by atoms with Gasteiger partial charge < -0.3 is 4.57 Å². The van der Waals surface area contributed by atoms with Crippen LogP contribution in [0.1, 0.15) is 23.7 Å². The number of halogens is 2. The van der Waals surface area contributed by atoms with Gasteiger partial charge in [0.25, 0.3) is 0 Å². The molecule has 0 amide bonds. The maximum Gasteiger partial charge on any atom is 0.132 e. The van der Waals surface area contributed by atoms with Gasteiger partial charge in [0.1, 0.15) is 17.0 Å². The van der Waals surface area contributed by atoms with Crippen molar-refractivity contribution < 1.29 is 4.39 Å². The summed E-state index contributed by atoms with van der Waals surface area (Å²) in [5.41, 5.74) is 2.54. The van der Waals surface area contributed by atoms with Gasteiger partial charge >= 0.3 is 0 Å². The largest absolute Gasteiger partial charge is 0.327 e. The average molecular weight is 289 g/mol. The van der Waals surface area contributed by atoms with Gasteiger partial charge in [-0.25, -0.2) is 9.37 Å². The second-order valence-electron chi connectivity index (χ2n) is 4.62. The molecule has 3 aromatic rings. The van der Waals surface area contributed by atoms with Gasteiger partial charge in [0.2, 0.25) is 0 Å². The summed E-state index contributed by atoms with van der Waals surface area (Å²) in [7, 11) is 0. The van der Waals surface area contributed by atoms with E-state index in [0.29, 0.717) is 6.54 Å². The molecule has 2 nitrogen and oxygen atoms in total. The number of nitrogens with zero attached hydrogens (tertiary/aromatic N) is 2. The monoisotopic (exact) mass is 288 g/mol. The number of hydrogen-bond acceptors (Lipinski definition) is 1. The highest BCUT2D eigenvalue weighted by molar-refractivity contribution is 6.22. The van der Waals surface area contributed by atoms with Crippen molar-refractivity contribution in [3.8, 4) is 0 Å². The number of aromatic nitrogens is 2. The van der Waals surface area contributed by atoms with Crippen LogP contribution in [-0.4, -0.2) is 9.55 Å². The molecule has 20 heavy (non-hydrogen) atoms. The summed E-state index contributed by atoms with van der Waals surface area (Å²) < 4.78 is 15.4. The van der Waals surface area contributed by atoms with Crippen LogP contribution in [0.25, 0.3) is 11.0 Å². The Morgan fingerprint density at radius 1 is 1.20 bits per heavy atom. The van der Waals surface area contributed by atoms with Gasteiger partial charge in [0, 0.05) is 6.54 Å². The van der Waals surface area contributed by atoms with E-state index in [9.17, 15) is 4.39 Å². The lowest BCUT2D eigenvalue weighted by Gasteiger charge is -2.11.